The minimum atomic E-state index is -0.323. The van der Waals surface area contributed by atoms with Crippen LogP contribution in [-0.2, 0) is 4.79 Å². The Balaban J connectivity index is 1.74. The van der Waals surface area contributed by atoms with Gasteiger partial charge in [-0.1, -0.05) is 17.7 Å². The van der Waals surface area contributed by atoms with Crippen LogP contribution in [0, 0.1) is 6.92 Å². The minimum Gasteiger partial charge on any atom is -0.454 e. The minimum absolute atomic E-state index is 0.129. The molecule has 1 aliphatic heterocycles. The maximum atomic E-state index is 12.2. The second-order valence-corrected chi connectivity index (χ2v) is 6.08. The summed E-state index contributed by atoms with van der Waals surface area (Å²) >= 11 is 6.12. The SMILES string of the molecule is CNC(=O)c1ccc(C)c(NC(=O)/C=C/c2cc(Cl)c3c(c2)OCO3)c1. The molecule has 2 aromatic carbocycles. The van der Waals surface area contributed by atoms with E-state index in [0.717, 1.165) is 5.56 Å². The number of hydrogen-bond donors (Lipinski definition) is 2. The molecular formula is C19H17ClN2O4. The van der Waals surface area contributed by atoms with E-state index in [1.807, 2.05) is 6.92 Å². The number of carbonyl (C=O) groups is 2. The first-order valence-corrected chi connectivity index (χ1v) is 8.26. The fourth-order valence-electron chi connectivity index (χ4n) is 2.47. The smallest absolute Gasteiger partial charge is 0.251 e. The summed E-state index contributed by atoms with van der Waals surface area (Å²) in [7, 11) is 1.56. The number of nitrogens with one attached hydrogen (secondary N) is 2. The van der Waals surface area contributed by atoms with E-state index < -0.39 is 0 Å². The Labute approximate surface area is 155 Å². The standard InChI is InChI=1S/C19H17ClN2O4/c1-11-3-5-13(19(24)21-2)9-15(11)22-17(23)6-4-12-7-14(20)18-16(8-12)25-10-26-18/h3-9H,10H2,1-2H3,(H,21,24)(H,22,23)/b6-4+. The quantitative estimate of drug-likeness (QED) is 0.806. The second kappa shape index (κ2) is 7.49. The lowest BCUT2D eigenvalue weighted by Gasteiger charge is -2.09. The van der Waals surface area contributed by atoms with Gasteiger partial charge in [0.2, 0.25) is 12.7 Å². The molecule has 7 heteroatoms. The second-order valence-electron chi connectivity index (χ2n) is 5.67. The molecule has 0 aliphatic carbocycles. The Bertz CT molecular complexity index is 909. The van der Waals surface area contributed by atoms with Crippen molar-refractivity contribution >= 4 is 35.2 Å². The van der Waals surface area contributed by atoms with Crippen LogP contribution >= 0.6 is 11.6 Å². The third-order valence-electron chi connectivity index (χ3n) is 3.86. The van der Waals surface area contributed by atoms with Gasteiger partial charge in [0.15, 0.2) is 11.5 Å². The van der Waals surface area contributed by atoms with Crippen molar-refractivity contribution in [3.63, 3.8) is 0 Å². The Morgan fingerprint density at radius 3 is 2.77 bits per heavy atom. The van der Waals surface area contributed by atoms with Crippen molar-refractivity contribution in [1.29, 1.82) is 0 Å². The van der Waals surface area contributed by atoms with Crippen molar-refractivity contribution in [2.75, 3.05) is 19.2 Å². The fourth-order valence-corrected chi connectivity index (χ4v) is 2.75. The predicted octanol–water partition coefficient (Wildman–Crippen LogP) is 3.39. The third kappa shape index (κ3) is 3.81. The lowest BCUT2D eigenvalue weighted by atomic mass is 10.1. The van der Waals surface area contributed by atoms with E-state index in [1.54, 1.807) is 43.5 Å². The summed E-state index contributed by atoms with van der Waals surface area (Å²) < 4.78 is 10.6. The summed E-state index contributed by atoms with van der Waals surface area (Å²) in [5.74, 6) is 0.517. The van der Waals surface area contributed by atoms with Crippen LogP contribution < -0.4 is 20.1 Å². The molecule has 6 nitrogen and oxygen atoms in total. The fraction of sp³-hybridized carbons (Fsp3) is 0.158. The van der Waals surface area contributed by atoms with Gasteiger partial charge in [-0.15, -0.1) is 0 Å². The van der Waals surface area contributed by atoms with Crippen LogP contribution in [0.1, 0.15) is 21.5 Å². The van der Waals surface area contributed by atoms with Crippen LogP contribution in [-0.4, -0.2) is 25.7 Å². The number of rotatable bonds is 4. The highest BCUT2D eigenvalue weighted by molar-refractivity contribution is 6.32. The van der Waals surface area contributed by atoms with Gasteiger partial charge in [-0.05, 0) is 48.4 Å². The first kappa shape index (κ1) is 17.8. The van der Waals surface area contributed by atoms with Gasteiger partial charge in [0.1, 0.15) is 0 Å². The molecule has 0 fully saturated rings. The van der Waals surface area contributed by atoms with Crippen LogP contribution in [0.4, 0.5) is 5.69 Å². The molecule has 0 bridgehead atoms. The summed E-state index contributed by atoms with van der Waals surface area (Å²) in [6.45, 7) is 1.98. The number of halogens is 1. The molecule has 0 atom stereocenters. The van der Waals surface area contributed by atoms with Gasteiger partial charge < -0.3 is 20.1 Å². The van der Waals surface area contributed by atoms with Gasteiger partial charge in [0.25, 0.3) is 5.91 Å². The van der Waals surface area contributed by atoms with Crippen molar-refractivity contribution in [2.24, 2.45) is 0 Å². The zero-order valence-electron chi connectivity index (χ0n) is 14.3. The van der Waals surface area contributed by atoms with Crippen molar-refractivity contribution in [3.8, 4) is 11.5 Å². The lowest BCUT2D eigenvalue weighted by Crippen LogP contribution is -2.18. The molecule has 1 aliphatic rings. The number of ether oxygens (including phenoxy) is 2. The third-order valence-corrected chi connectivity index (χ3v) is 4.14. The number of benzene rings is 2. The van der Waals surface area contributed by atoms with Gasteiger partial charge in [-0.2, -0.15) is 0 Å². The Hall–Kier alpha value is -2.99. The molecule has 26 heavy (non-hydrogen) atoms. The van der Waals surface area contributed by atoms with Crippen LogP contribution in [0.3, 0.4) is 0 Å². The molecule has 1 heterocycles. The number of hydrogen-bond acceptors (Lipinski definition) is 4. The number of anilines is 1. The van der Waals surface area contributed by atoms with Gasteiger partial charge in [-0.25, -0.2) is 0 Å². The largest absolute Gasteiger partial charge is 0.454 e. The van der Waals surface area contributed by atoms with Gasteiger partial charge >= 0.3 is 0 Å². The normalized spacial score (nSPS) is 12.3. The van der Waals surface area contributed by atoms with Gasteiger partial charge in [0.05, 0.1) is 5.02 Å². The van der Waals surface area contributed by atoms with Crippen LogP contribution in [0.5, 0.6) is 11.5 Å². The Kier molecular flexibility index (Phi) is 5.14. The summed E-state index contributed by atoms with van der Waals surface area (Å²) in [6, 6.07) is 8.55. The summed E-state index contributed by atoms with van der Waals surface area (Å²) in [6.07, 6.45) is 3.01. The average Bonchev–Trinajstić information content (AvgIpc) is 3.10. The monoisotopic (exact) mass is 372 g/mol. The summed E-state index contributed by atoms with van der Waals surface area (Å²) in [5.41, 5.74) is 2.61. The van der Waals surface area contributed by atoms with E-state index in [0.29, 0.717) is 33.3 Å². The number of fused-ring (bicyclic) bond motifs is 1. The van der Waals surface area contributed by atoms with Crippen molar-refractivity contribution in [1.82, 2.24) is 5.32 Å². The predicted molar refractivity (Wildman–Crippen MR) is 99.8 cm³/mol. The molecule has 0 saturated heterocycles. The van der Waals surface area contributed by atoms with Crippen molar-refractivity contribution in [2.45, 2.75) is 6.92 Å². The molecule has 0 spiro atoms. The van der Waals surface area contributed by atoms with E-state index in [4.69, 9.17) is 21.1 Å². The highest BCUT2D eigenvalue weighted by Crippen LogP contribution is 2.40. The number of amides is 2. The molecule has 2 N–H and O–H groups in total. The highest BCUT2D eigenvalue weighted by Gasteiger charge is 2.17. The Morgan fingerprint density at radius 1 is 1.19 bits per heavy atom. The zero-order valence-corrected chi connectivity index (χ0v) is 15.0. The van der Waals surface area contributed by atoms with Crippen molar-refractivity contribution < 1.29 is 19.1 Å². The molecule has 0 unspecified atom stereocenters. The zero-order chi connectivity index (χ0) is 18.7. The number of aryl methyl sites for hydroxylation is 1. The van der Waals surface area contributed by atoms with E-state index >= 15 is 0 Å². The first-order valence-electron chi connectivity index (χ1n) is 7.89. The number of carbonyl (C=O) groups excluding carboxylic acids is 2. The van der Waals surface area contributed by atoms with Crippen LogP contribution in [0.15, 0.2) is 36.4 Å². The van der Waals surface area contributed by atoms with Crippen molar-refractivity contribution in [3.05, 3.63) is 58.1 Å². The molecule has 0 radical (unpaired) electrons. The maximum Gasteiger partial charge on any atom is 0.251 e. The molecule has 0 saturated carbocycles. The van der Waals surface area contributed by atoms with E-state index in [9.17, 15) is 9.59 Å². The van der Waals surface area contributed by atoms with Crippen LogP contribution in [0.2, 0.25) is 5.02 Å². The summed E-state index contributed by atoms with van der Waals surface area (Å²) in [5, 5.41) is 5.75. The molecule has 134 valence electrons. The molecule has 2 amide bonds. The summed E-state index contributed by atoms with van der Waals surface area (Å²) in [4.78, 5) is 23.9. The van der Waals surface area contributed by atoms with Crippen LogP contribution in [0.25, 0.3) is 6.08 Å². The molecule has 3 rings (SSSR count). The maximum absolute atomic E-state index is 12.2. The first-order chi connectivity index (χ1) is 12.5. The lowest BCUT2D eigenvalue weighted by molar-refractivity contribution is -0.111. The average molecular weight is 373 g/mol. The molecule has 2 aromatic rings. The Morgan fingerprint density at radius 2 is 2.00 bits per heavy atom. The van der Waals surface area contributed by atoms with E-state index in [1.165, 1.54) is 6.08 Å². The van der Waals surface area contributed by atoms with E-state index in [-0.39, 0.29) is 18.6 Å². The van der Waals surface area contributed by atoms with Gasteiger partial charge in [-0.3, -0.25) is 9.59 Å². The highest BCUT2D eigenvalue weighted by atomic mass is 35.5. The molecular weight excluding hydrogens is 356 g/mol. The van der Waals surface area contributed by atoms with Gasteiger partial charge in [0, 0.05) is 24.4 Å². The molecule has 0 aromatic heterocycles. The van der Waals surface area contributed by atoms with E-state index in [2.05, 4.69) is 10.6 Å². The topological polar surface area (TPSA) is 76.7 Å².